The van der Waals surface area contributed by atoms with Crippen molar-refractivity contribution < 1.29 is 8.42 Å². The third-order valence-electron chi connectivity index (χ3n) is 0.609. The summed E-state index contributed by atoms with van der Waals surface area (Å²) in [5, 5.41) is 4.63. The first kappa shape index (κ1) is 9.22. The average molecular weight is 170 g/mol. The summed E-state index contributed by atoms with van der Waals surface area (Å²) in [6.45, 7) is 0.403. The number of hydrogen-bond donors (Lipinski definition) is 2. The molecule has 0 unspecified atom stereocenters. The highest BCUT2D eigenvalue weighted by atomic mass is 32.2. The molecule has 0 aromatic rings. The van der Waals surface area contributed by atoms with E-state index < -0.39 is 10.2 Å². The van der Waals surface area contributed by atoms with Crippen molar-refractivity contribution in [3.8, 4) is 0 Å². The molecule has 0 saturated carbocycles. The van der Waals surface area contributed by atoms with E-state index in [1.807, 2.05) is 6.26 Å². The maximum atomic E-state index is 10.2. The lowest BCUT2D eigenvalue weighted by Crippen LogP contribution is -2.32. The van der Waals surface area contributed by atoms with E-state index in [1.54, 1.807) is 11.8 Å². The maximum absolute atomic E-state index is 10.2. The molecule has 0 aliphatic heterocycles. The smallest absolute Gasteiger partial charge is 0.216 e. The van der Waals surface area contributed by atoms with E-state index in [-0.39, 0.29) is 0 Å². The minimum absolute atomic E-state index is 0.403. The van der Waals surface area contributed by atoms with Crippen LogP contribution in [0.15, 0.2) is 0 Å². The molecule has 0 bridgehead atoms. The quantitative estimate of drug-likeness (QED) is 0.539. The fourth-order valence-electron chi connectivity index (χ4n) is 0.286. The molecule has 0 aromatic carbocycles. The van der Waals surface area contributed by atoms with Gasteiger partial charge in [0.15, 0.2) is 0 Å². The summed E-state index contributed by atoms with van der Waals surface area (Å²) < 4.78 is 22.5. The molecule has 0 aromatic heterocycles. The van der Waals surface area contributed by atoms with Crippen LogP contribution in [0.4, 0.5) is 0 Å². The second-order valence-corrected chi connectivity index (χ2v) is 3.80. The Bertz CT molecular complexity index is 153. The third-order valence-corrected chi connectivity index (χ3v) is 1.83. The van der Waals surface area contributed by atoms with Crippen LogP contribution >= 0.6 is 11.8 Å². The van der Waals surface area contributed by atoms with Gasteiger partial charge in [0.05, 0.1) is 0 Å². The molecule has 0 radical (unpaired) electrons. The van der Waals surface area contributed by atoms with Gasteiger partial charge in [-0.25, -0.2) is 9.86 Å². The zero-order chi connectivity index (χ0) is 7.33. The number of rotatable bonds is 4. The molecule has 56 valence electrons. The zero-order valence-corrected chi connectivity index (χ0v) is 6.76. The van der Waals surface area contributed by atoms with Gasteiger partial charge in [-0.3, -0.25) is 0 Å². The molecule has 3 N–H and O–H groups in total. The van der Waals surface area contributed by atoms with Gasteiger partial charge in [-0.15, -0.1) is 0 Å². The van der Waals surface area contributed by atoms with E-state index in [9.17, 15) is 8.42 Å². The Morgan fingerprint density at radius 2 is 2.22 bits per heavy atom. The standard InChI is InChI=1S/C3H10N2O2S2/c1-8-3-2-5-9(4,6)7/h5H,2-3H2,1H3,(H2,4,6,7). The molecule has 9 heavy (non-hydrogen) atoms. The molecule has 0 spiro atoms. The molecular formula is C3H10N2O2S2. The van der Waals surface area contributed by atoms with Gasteiger partial charge in [-0.2, -0.15) is 20.2 Å². The lowest BCUT2D eigenvalue weighted by atomic mass is 10.8. The van der Waals surface area contributed by atoms with E-state index >= 15 is 0 Å². The van der Waals surface area contributed by atoms with Gasteiger partial charge >= 0.3 is 0 Å². The van der Waals surface area contributed by atoms with Gasteiger partial charge in [0.1, 0.15) is 0 Å². The van der Waals surface area contributed by atoms with E-state index in [1.165, 1.54) is 0 Å². The number of thioether (sulfide) groups is 1. The second kappa shape index (κ2) is 4.10. The van der Waals surface area contributed by atoms with Gasteiger partial charge in [-0.1, -0.05) is 0 Å². The largest absolute Gasteiger partial charge is 0.274 e. The van der Waals surface area contributed by atoms with E-state index in [0.29, 0.717) is 6.54 Å². The molecule has 0 aliphatic rings. The fourth-order valence-corrected chi connectivity index (χ4v) is 1.11. The third kappa shape index (κ3) is 8.22. The van der Waals surface area contributed by atoms with Crippen molar-refractivity contribution in [2.45, 2.75) is 0 Å². The predicted octanol–water partition coefficient (Wildman–Crippen LogP) is -0.857. The first-order valence-corrected chi connectivity index (χ1v) is 5.26. The highest BCUT2D eigenvalue weighted by Crippen LogP contribution is 1.86. The summed E-state index contributed by atoms with van der Waals surface area (Å²) in [5.41, 5.74) is 0. The first-order chi connectivity index (χ1) is 4.06. The van der Waals surface area contributed by atoms with Gasteiger partial charge in [0.2, 0.25) is 0 Å². The van der Waals surface area contributed by atoms with Crippen molar-refractivity contribution in [3.63, 3.8) is 0 Å². The van der Waals surface area contributed by atoms with Gasteiger partial charge < -0.3 is 0 Å². The molecule has 0 amide bonds. The van der Waals surface area contributed by atoms with Crippen LogP contribution in [-0.4, -0.2) is 27.0 Å². The summed E-state index contributed by atoms with van der Waals surface area (Å²) in [5.74, 6) is 0.746. The zero-order valence-electron chi connectivity index (χ0n) is 5.12. The Balaban J connectivity index is 3.30. The van der Waals surface area contributed by atoms with Crippen LogP contribution in [-0.2, 0) is 10.2 Å². The molecule has 0 fully saturated rings. The molecular weight excluding hydrogens is 160 g/mol. The summed E-state index contributed by atoms with van der Waals surface area (Å²) in [7, 11) is -3.46. The topological polar surface area (TPSA) is 72.2 Å². The van der Waals surface area contributed by atoms with Crippen molar-refractivity contribution in [1.82, 2.24) is 4.72 Å². The molecule has 0 atom stereocenters. The summed E-state index contributed by atoms with van der Waals surface area (Å²) >= 11 is 1.56. The van der Waals surface area contributed by atoms with Gasteiger partial charge in [-0.05, 0) is 6.26 Å². The van der Waals surface area contributed by atoms with Crippen LogP contribution in [0, 0.1) is 0 Å². The van der Waals surface area contributed by atoms with Crippen LogP contribution < -0.4 is 9.86 Å². The van der Waals surface area contributed by atoms with E-state index in [0.717, 1.165) is 5.75 Å². The Labute approximate surface area is 59.4 Å². The van der Waals surface area contributed by atoms with E-state index in [4.69, 9.17) is 0 Å². The minimum atomic E-state index is -3.46. The summed E-state index contributed by atoms with van der Waals surface area (Å²) in [4.78, 5) is 0. The molecule has 4 nitrogen and oxygen atoms in total. The molecule has 0 aliphatic carbocycles. The van der Waals surface area contributed by atoms with Crippen molar-refractivity contribution in [3.05, 3.63) is 0 Å². The Kier molecular flexibility index (Phi) is 4.20. The van der Waals surface area contributed by atoms with Crippen LogP contribution in [0.25, 0.3) is 0 Å². The van der Waals surface area contributed by atoms with Crippen molar-refractivity contribution >= 4 is 22.0 Å². The Morgan fingerprint density at radius 1 is 1.67 bits per heavy atom. The van der Waals surface area contributed by atoms with Crippen molar-refractivity contribution in [2.24, 2.45) is 5.14 Å². The lowest BCUT2D eigenvalue weighted by molar-refractivity contribution is 0.586. The molecule has 6 heteroatoms. The first-order valence-electron chi connectivity index (χ1n) is 2.32. The minimum Gasteiger partial charge on any atom is -0.216 e. The lowest BCUT2D eigenvalue weighted by Gasteiger charge is -1.97. The Hall–Kier alpha value is 0.220. The number of nitrogens with two attached hydrogens (primary N) is 1. The summed E-state index contributed by atoms with van der Waals surface area (Å²) in [6, 6.07) is 0. The summed E-state index contributed by atoms with van der Waals surface area (Å²) in [6.07, 6.45) is 1.89. The van der Waals surface area contributed by atoms with Crippen LogP contribution in [0.2, 0.25) is 0 Å². The number of hydrogen-bond acceptors (Lipinski definition) is 3. The Morgan fingerprint density at radius 3 is 2.56 bits per heavy atom. The van der Waals surface area contributed by atoms with Crippen molar-refractivity contribution in [1.29, 1.82) is 0 Å². The average Bonchev–Trinajstić information content (AvgIpc) is 1.63. The van der Waals surface area contributed by atoms with Crippen molar-refractivity contribution in [2.75, 3.05) is 18.6 Å². The predicted molar refractivity (Wildman–Crippen MR) is 39.5 cm³/mol. The second-order valence-electron chi connectivity index (χ2n) is 1.43. The van der Waals surface area contributed by atoms with Gasteiger partial charge in [0.25, 0.3) is 10.2 Å². The van der Waals surface area contributed by atoms with Crippen LogP contribution in [0.5, 0.6) is 0 Å². The van der Waals surface area contributed by atoms with Crippen LogP contribution in [0.1, 0.15) is 0 Å². The monoisotopic (exact) mass is 170 g/mol. The fraction of sp³-hybridized carbons (Fsp3) is 1.00. The molecule has 0 saturated heterocycles. The highest BCUT2D eigenvalue weighted by Gasteiger charge is 1.96. The SMILES string of the molecule is CSCCNS(N)(=O)=O. The highest BCUT2D eigenvalue weighted by molar-refractivity contribution is 7.98. The van der Waals surface area contributed by atoms with E-state index in [2.05, 4.69) is 9.86 Å². The normalized spacial score (nSPS) is 11.8. The number of nitrogens with one attached hydrogen (secondary N) is 1. The maximum Gasteiger partial charge on any atom is 0.274 e. The van der Waals surface area contributed by atoms with Gasteiger partial charge in [0, 0.05) is 12.3 Å². The molecule has 0 heterocycles. The van der Waals surface area contributed by atoms with Crippen LogP contribution in [0.3, 0.4) is 0 Å². The molecule has 0 rings (SSSR count).